The van der Waals surface area contributed by atoms with E-state index in [2.05, 4.69) is 46.1 Å². The quantitative estimate of drug-likeness (QED) is 0.877. The first kappa shape index (κ1) is 11.1. The highest BCUT2D eigenvalue weighted by atomic mass is 127. The maximum atomic E-state index is 5.82. The van der Waals surface area contributed by atoms with Gasteiger partial charge in [-0.3, -0.25) is 4.68 Å². The van der Waals surface area contributed by atoms with Gasteiger partial charge in [-0.1, -0.05) is 0 Å². The van der Waals surface area contributed by atoms with E-state index in [4.69, 9.17) is 5.73 Å². The van der Waals surface area contributed by atoms with E-state index in [1.165, 1.54) is 10.4 Å². The summed E-state index contributed by atoms with van der Waals surface area (Å²) in [5.41, 5.74) is 7.11. The largest absolute Gasteiger partial charge is 0.328 e. The molecular formula is C10H12IN3S. The van der Waals surface area contributed by atoms with Gasteiger partial charge in [0.1, 0.15) is 0 Å². The lowest BCUT2D eigenvalue weighted by atomic mass is 10.2. The molecule has 15 heavy (non-hydrogen) atoms. The summed E-state index contributed by atoms with van der Waals surface area (Å²) in [5.74, 6) is 0. The van der Waals surface area contributed by atoms with E-state index < -0.39 is 0 Å². The van der Waals surface area contributed by atoms with Gasteiger partial charge in [0.25, 0.3) is 0 Å². The molecule has 0 fully saturated rings. The Hall–Kier alpha value is -0.400. The normalized spacial score (nSPS) is 13.0. The fourth-order valence-electron chi connectivity index (χ4n) is 1.55. The van der Waals surface area contributed by atoms with Crippen LogP contribution >= 0.6 is 33.9 Å². The monoisotopic (exact) mass is 333 g/mol. The standard InChI is InChI=1S/C10H12IN3S/c1-7-2-3-15-10(7)9(4-12)14-6-8(11)5-13-14/h2-3,5-6,9H,4,12H2,1H3. The van der Waals surface area contributed by atoms with Gasteiger partial charge < -0.3 is 5.73 Å². The Bertz CT molecular complexity index is 449. The summed E-state index contributed by atoms with van der Waals surface area (Å²) >= 11 is 4.00. The third-order valence-corrected chi connectivity index (χ3v) is 3.99. The third kappa shape index (κ3) is 2.24. The highest BCUT2D eigenvalue weighted by Crippen LogP contribution is 2.26. The van der Waals surface area contributed by atoms with E-state index in [0.717, 1.165) is 3.57 Å². The van der Waals surface area contributed by atoms with E-state index in [1.807, 2.05) is 17.1 Å². The molecule has 1 atom stereocenters. The number of rotatable bonds is 3. The summed E-state index contributed by atoms with van der Waals surface area (Å²) in [7, 11) is 0. The maximum Gasteiger partial charge on any atom is 0.0985 e. The van der Waals surface area contributed by atoms with Crippen LogP contribution in [-0.4, -0.2) is 16.3 Å². The Morgan fingerprint density at radius 2 is 2.47 bits per heavy atom. The summed E-state index contributed by atoms with van der Waals surface area (Å²) in [4.78, 5) is 1.30. The smallest absolute Gasteiger partial charge is 0.0985 e. The van der Waals surface area contributed by atoms with Crippen LogP contribution in [0.5, 0.6) is 0 Å². The summed E-state index contributed by atoms with van der Waals surface area (Å²) in [6.45, 7) is 2.70. The zero-order valence-electron chi connectivity index (χ0n) is 8.35. The third-order valence-electron chi connectivity index (χ3n) is 2.32. The average molecular weight is 333 g/mol. The predicted octanol–water partition coefficient (Wildman–Crippen LogP) is 2.41. The molecule has 0 aliphatic heterocycles. The molecule has 2 heterocycles. The highest BCUT2D eigenvalue weighted by molar-refractivity contribution is 14.1. The van der Waals surface area contributed by atoms with Crippen LogP contribution in [0.2, 0.25) is 0 Å². The van der Waals surface area contributed by atoms with Crippen LogP contribution in [0.25, 0.3) is 0 Å². The molecule has 0 aliphatic rings. The Balaban J connectivity index is 2.36. The molecule has 0 amide bonds. The number of nitrogens with two attached hydrogens (primary N) is 1. The molecule has 2 aromatic heterocycles. The molecule has 0 bridgehead atoms. The number of aryl methyl sites for hydroxylation is 1. The molecular weight excluding hydrogens is 321 g/mol. The van der Waals surface area contributed by atoms with Gasteiger partial charge in [0.15, 0.2) is 0 Å². The minimum atomic E-state index is 0.175. The molecule has 2 N–H and O–H groups in total. The van der Waals surface area contributed by atoms with Crippen LogP contribution in [0.1, 0.15) is 16.5 Å². The predicted molar refractivity (Wildman–Crippen MR) is 71.2 cm³/mol. The molecule has 80 valence electrons. The second-order valence-corrected chi connectivity index (χ2v) is 5.55. The molecule has 0 radical (unpaired) electrons. The van der Waals surface area contributed by atoms with Crippen molar-refractivity contribution in [2.24, 2.45) is 5.73 Å². The van der Waals surface area contributed by atoms with Gasteiger partial charge in [-0.05, 0) is 46.5 Å². The fraction of sp³-hybridized carbons (Fsp3) is 0.300. The lowest BCUT2D eigenvalue weighted by Crippen LogP contribution is -2.20. The first-order chi connectivity index (χ1) is 7.22. The SMILES string of the molecule is Cc1ccsc1C(CN)n1cc(I)cn1. The number of hydrogen-bond acceptors (Lipinski definition) is 3. The van der Waals surface area contributed by atoms with Gasteiger partial charge in [-0.2, -0.15) is 5.10 Å². The van der Waals surface area contributed by atoms with E-state index >= 15 is 0 Å². The molecule has 3 nitrogen and oxygen atoms in total. The van der Waals surface area contributed by atoms with Crippen LogP contribution in [-0.2, 0) is 0 Å². The molecule has 2 aromatic rings. The average Bonchev–Trinajstić information content (AvgIpc) is 2.79. The van der Waals surface area contributed by atoms with Crippen molar-refractivity contribution in [3.63, 3.8) is 0 Å². The Morgan fingerprint density at radius 3 is 2.93 bits per heavy atom. The topological polar surface area (TPSA) is 43.8 Å². The Kier molecular flexibility index (Phi) is 3.42. The van der Waals surface area contributed by atoms with Crippen LogP contribution in [0, 0.1) is 10.5 Å². The lowest BCUT2D eigenvalue weighted by molar-refractivity contribution is 0.537. The van der Waals surface area contributed by atoms with Gasteiger partial charge in [0, 0.05) is 17.6 Å². The second kappa shape index (κ2) is 4.63. The van der Waals surface area contributed by atoms with Crippen molar-refractivity contribution in [2.45, 2.75) is 13.0 Å². The van der Waals surface area contributed by atoms with Crippen LogP contribution in [0.4, 0.5) is 0 Å². The number of hydrogen-bond donors (Lipinski definition) is 1. The molecule has 2 rings (SSSR count). The molecule has 0 saturated heterocycles. The first-order valence-corrected chi connectivity index (χ1v) is 6.62. The first-order valence-electron chi connectivity index (χ1n) is 4.66. The van der Waals surface area contributed by atoms with Crippen LogP contribution < -0.4 is 5.73 Å². The van der Waals surface area contributed by atoms with E-state index in [1.54, 1.807) is 11.3 Å². The van der Waals surface area contributed by atoms with Gasteiger partial charge in [-0.15, -0.1) is 11.3 Å². The maximum absolute atomic E-state index is 5.82. The summed E-state index contributed by atoms with van der Waals surface area (Å²) in [5, 5.41) is 6.42. The van der Waals surface area contributed by atoms with E-state index in [9.17, 15) is 0 Å². The molecule has 5 heteroatoms. The van der Waals surface area contributed by atoms with Crippen molar-refractivity contribution in [1.29, 1.82) is 0 Å². The van der Waals surface area contributed by atoms with Crippen molar-refractivity contribution >= 4 is 33.9 Å². The van der Waals surface area contributed by atoms with Crippen LogP contribution in [0.3, 0.4) is 0 Å². The molecule has 0 aromatic carbocycles. The zero-order chi connectivity index (χ0) is 10.8. The molecule has 1 unspecified atom stereocenters. The van der Waals surface area contributed by atoms with Crippen molar-refractivity contribution in [2.75, 3.05) is 6.54 Å². The number of thiophene rings is 1. The highest BCUT2D eigenvalue weighted by Gasteiger charge is 2.16. The molecule has 0 spiro atoms. The van der Waals surface area contributed by atoms with Crippen molar-refractivity contribution in [3.05, 3.63) is 37.9 Å². The Labute approximate surface area is 106 Å². The van der Waals surface area contributed by atoms with E-state index in [0.29, 0.717) is 6.54 Å². The Morgan fingerprint density at radius 1 is 1.67 bits per heavy atom. The van der Waals surface area contributed by atoms with Crippen LogP contribution in [0.15, 0.2) is 23.8 Å². The fourth-order valence-corrected chi connectivity index (χ4v) is 2.99. The minimum Gasteiger partial charge on any atom is -0.328 e. The van der Waals surface area contributed by atoms with Gasteiger partial charge in [-0.25, -0.2) is 0 Å². The molecule has 0 aliphatic carbocycles. The van der Waals surface area contributed by atoms with Gasteiger partial charge in [0.2, 0.25) is 0 Å². The number of aromatic nitrogens is 2. The number of nitrogens with zero attached hydrogens (tertiary/aromatic N) is 2. The minimum absolute atomic E-state index is 0.175. The number of halogens is 1. The molecule has 0 saturated carbocycles. The summed E-state index contributed by atoms with van der Waals surface area (Å²) in [6, 6.07) is 2.30. The summed E-state index contributed by atoms with van der Waals surface area (Å²) < 4.78 is 3.08. The van der Waals surface area contributed by atoms with Crippen molar-refractivity contribution in [1.82, 2.24) is 9.78 Å². The second-order valence-electron chi connectivity index (χ2n) is 3.36. The zero-order valence-corrected chi connectivity index (χ0v) is 11.3. The van der Waals surface area contributed by atoms with Crippen molar-refractivity contribution < 1.29 is 0 Å². The van der Waals surface area contributed by atoms with E-state index in [-0.39, 0.29) is 6.04 Å². The lowest BCUT2D eigenvalue weighted by Gasteiger charge is -2.14. The van der Waals surface area contributed by atoms with Gasteiger partial charge in [0.05, 0.1) is 15.8 Å². The van der Waals surface area contributed by atoms with Gasteiger partial charge >= 0.3 is 0 Å². The van der Waals surface area contributed by atoms with Crippen molar-refractivity contribution in [3.8, 4) is 0 Å². The summed E-state index contributed by atoms with van der Waals surface area (Å²) in [6.07, 6.45) is 3.88.